The topological polar surface area (TPSA) is 247 Å². The number of carbonyl (C=O) groups is 5. The summed E-state index contributed by atoms with van der Waals surface area (Å²) in [6.45, 7) is 10.7. The number of hydrogen-bond donors (Lipinski definition) is 4. The largest absolute Gasteiger partial charge is 0.494 e. The maximum absolute atomic E-state index is 14.2. The van der Waals surface area contributed by atoms with Crippen LogP contribution in [0, 0.1) is 5.82 Å². The number of likely N-dealkylation sites (N-methyl/N-ethyl adjacent to an activating group) is 2. The van der Waals surface area contributed by atoms with E-state index in [2.05, 4.69) is 54.9 Å². The number of ether oxygens (including phenoxy) is 5. The number of amides is 5. The highest BCUT2D eigenvalue weighted by Gasteiger charge is 2.33. The van der Waals surface area contributed by atoms with Crippen LogP contribution in [0.2, 0.25) is 5.02 Å². The number of anilines is 2. The average molecular weight is 1280 g/mol. The second kappa shape index (κ2) is 40.9. The second-order valence-corrected chi connectivity index (χ2v) is 22.8. The molecule has 90 heavy (non-hydrogen) atoms. The third-order valence-corrected chi connectivity index (χ3v) is 15.9. The van der Waals surface area contributed by atoms with Crippen LogP contribution in [0.15, 0.2) is 113 Å². The van der Waals surface area contributed by atoms with Crippen LogP contribution < -0.4 is 31.3 Å². The Morgan fingerprint density at radius 1 is 0.800 bits per heavy atom. The minimum atomic E-state index is -1.05. The molecule has 22 nitrogen and oxygen atoms in total. The minimum absolute atomic E-state index is 0.0216. The van der Waals surface area contributed by atoms with Gasteiger partial charge in [-0.1, -0.05) is 48.0 Å². The molecule has 488 valence electrons. The number of carbonyl (C=O) groups excluding carboxylic acids is 5. The molecule has 25 heteroatoms. The number of aryl methyl sites for hydroxylation is 1. The van der Waals surface area contributed by atoms with Gasteiger partial charge in [-0.05, 0) is 124 Å². The van der Waals surface area contributed by atoms with E-state index < -0.39 is 17.8 Å². The lowest BCUT2D eigenvalue weighted by atomic mass is 10.0. The summed E-state index contributed by atoms with van der Waals surface area (Å²) in [7, 11) is 5.99. The summed E-state index contributed by atoms with van der Waals surface area (Å²) >= 11 is 7.60. The Labute approximate surface area is 537 Å². The number of hydrogen-bond acceptors (Lipinski definition) is 18. The molecule has 1 aromatic heterocycles. The normalized spacial score (nSPS) is 13.9. The van der Waals surface area contributed by atoms with E-state index in [9.17, 15) is 28.4 Å². The van der Waals surface area contributed by atoms with Crippen LogP contribution in [-0.4, -0.2) is 211 Å². The minimum Gasteiger partial charge on any atom is -0.494 e. The number of benzene rings is 4. The van der Waals surface area contributed by atoms with Gasteiger partial charge in [0, 0.05) is 108 Å². The van der Waals surface area contributed by atoms with Crippen LogP contribution >= 0.6 is 22.9 Å². The van der Waals surface area contributed by atoms with Crippen molar-refractivity contribution in [2.24, 2.45) is 15.9 Å². The van der Waals surface area contributed by atoms with Gasteiger partial charge in [-0.15, -0.1) is 11.3 Å². The standard InChI is InChI=1S/C54H70ClFN8O9.C11H18N4OS/c1-62(30-34-71-36-35-69-32-24-48(61-57)40-58-25-33-70-37-38-73-50-21-17-47(18-22-50)60-41-65)26-2-3-31-72-49-19-8-42(9-20-49)10-23-52(67)64(29-28-63-27-4-5-51(63)66)53(44-11-15-46(56)16-12-44)54(68)59-39-43-6-13-45(55)14-7-43;1-12-11-13-9(8-17-11)7-10(16)15-5-3-14(2)4-6-15/h6-9,11-22,40-41,53H,2-5,10,23-39,57H2,1H3,(H,59,68)(H,60,65);8H,3-7H2,1-2H3,(H,12,13)/b58-40?,61-48-;. The van der Waals surface area contributed by atoms with Gasteiger partial charge < -0.3 is 70.0 Å². The lowest BCUT2D eigenvalue weighted by Gasteiger charge is -2.33. The first-order valence-corrected chi connectivity index (χ1v) is 31.8. The monoisotopic (exact) mass is 1280 g/mol. The Hall–Kier alpha value is -7.58. The first kappa shape index (κ1) is 71.5. The van der Waals surface area contributed by atoms with E-state index in [0.29, 0.717) is 126 Å². The van der Waals surface area contributed by atoms with Gasteiger partial charge in [0.05, 0.1) is 70.6 Å². The number of nitrogens with one attached hydrogen (secondary N) is 3. The number of nitrogens with zero attached hydrogens (tertiary/aromatic N) is 8. The number of unbranched alkanes of at least 4 members (excludes halogenated alkanes) is 1. The third-order valence-electron chi connectivity index (χ3n) is 14.8. The molecular formula is C65H88ClFN12O10S. The molecule has 1 atom stereocenters. The van der Waals surface area contributed by atoms with E-state index >= 15 is 0 Å². The summed E-state index contributed by atoms with van der Waals surface area (Å²) in [4.78, 5) is 81.5. The lowest BCUT2D eigenvalue weighted by molar-refractivity contribution is -0.141. The van der Waals surface area contributed by atoms with Crippen molar-refractivity contribution in [3.8, 4) is 11.5 Å². The van der Waals surface area contributed by atoms with Crippen LogP contribution in [0.4, 0.5) is 15.2 Å². The van der Waals surface area contributed by atoms with E-state index in [1.807, 2.05) is 53.7 Å². The molecule has 5 amide bonds. The molecule has 2 aliphatic rings. The lowest BCUT2D eigenvalue weighted by Crippen LogP contribution is -2.47. The Bertz CT molecular complexity index is 2970. The second-order valence-electron chi connectivity index (χ2n) is 21.5. The molecule has 1 unspecified atom stereocenters. The zero-order chi connectivity index (χ0) is 64.1. The van der Waals surface area contributed by atoms with Crippen LogP contribution in [0.3, 0.4) is 0 Å². The molecule has 2 saturated heterocycles. The Balaban J connectivity index is 0.000000648. The molecule has 0 radical (unpaired) electrons. The van der Waals surface area contributed by atoms with Crippen LogP contribution in [-0.2, 0) is 57.6 Å². The summed E-state index contributed by atoms with van der Waals surface area (Å²) in [5, 5.41) is 15.7. The molecule has 0 spiro atoms. The van der Waals surface area contributed by atoms with Gasteiger partial charge in [0.25, 0.3) is 0 Å². The zero-order valence-corrected chi connectivity index (χ0v) is 53.6. The molecule has 5 N–H and O–H groups in total. The number of piperazine rings is 1. The fourth-order valence-corrected chi connectivity index (χ4v) is 10.3. The maximum Gasteiger partial charge on any atom is 0.247 e. The van der Waals surface area contributed by atoms with Crippen LogP contribution in [0.5, 0.6) is 11.5 Å². The fourth-order valence-electron chi connectivity index (χ4n) is 9.54. The summed E-state index contributed by atoms with van der Waals surface area (Å²) in [6, 6.07) is 26.4. The van der Waals surface area contributed by atoms with Crippen molar-refractivity contribution in [1.82, 2.24) is 34.8 Å². The molecular weight excluding hydrogens is 1200 g/mol. The molecule has 7 rings (SSSR count). The predicted molar refractivity (Wildman–Crippen MR) is 350 cm³/mol. The van der Waals surface area contributed by atoms with E-state index in [1.54, 1.807) is 47.5 Å². The molecule has 3 heterocycles. The van der Waals surface area contributed by atoms with Crippen molar-refractivity contribution in [3.63, 3.8) is 0 Å². The van der Waals surface area contributed by atoms with Crippen LogP contribution in [0.25, 0.3) is 0 Å². The number of aromatic nitrogens is 1. The van der Waals surface area contributed by atoms with Crippen molar-refractivity contribution >= 4 is 75.7 Å². The number of likely N-dealkylation sites (tertiary alicyclic amines) is 1. The number of halogens is 2. The quantitative estimate of drug-likeness (QED) is 0.0102. The molecule has 0 saturated carbocycles. The van der Waals surface area contributed by atoms with Crippen molar-refractivity contribution in [3.05, 3.63) is 136 Å². The van der Waals surface area contributed by atoms with Gasteiger partial charge in [-0.3, -0.25) is 29.0 Å². The third kappa shape index (κ3) is 26.9. The number of nitrogens with two attached hydrogens (primary N) is 1. The summed E-state index contributed by atoms with van der Waals surface area (Å²) in [6.07, 6.45) is 6.77. The number of rotatable bonds is 39. The van der Waals surface area contributed by atoms with Crippen LogP contribution in [0.1, 0.15) is 67.0 Å². The highest BCUT2D eigenvalue weighted by molar-refractivity contribution is 7.13. The van der Waals surface area contributed by atoms with Gasteiger partial charge >= 0.3 is 0 Å². The molecule has 2 aliphatic heterocycles. The molecule has 0 bridgehead atoms. The average Bonchev–Trinajstić information content (AvgIpc) is 2.03. The van der Waals surface area contributed by atoms with Crippen molar-refractivity contribution in [2.45, 2.75) is 64.0 Å². The van der Waals surface area contributed by atoms with Gasteiger partial charge in [0.15, 0.2) is 5.13 Å². The predicted octanol–water partition coefficient (Wildman–Crippen LogP) is 6.99. The number of hydrazone groups is 1. The van der Waals surface area contributed by atoms with E-state index in [1.165, 1.54) is 40.5 Å². The van der Waals surface area contributed by atoms with Gasteiger partial charge in [-0.25, -0.2) is 9.37 Å². The zero-order valence-electron chi connectivity index (χ0n) is 52.0. The maximum atomic E-state index is 14.2. The van der Waals surface area contributed by atoms with Gasteiger partial charge in [0.1, 0.15) is 30.0 Å². The van der Waals surface area contributed by atoms with Gasteiger partial charge in [0.2, 0.25) is 30.0 Å². The van der Waals surface area contributed by atoms with Crippen molar-refractivity contribution < 1.29 is 52.0 Å². The summed E-state index contributed by atoms with van der Waals surface area (Å²) in [5.74, 6) is 6.02. The summed E-state index contributed by atoms with van der Waals surface area (Å²) < 4.78 is 42.7. The Morgan fingerprint density at radius 2 is 1.48 bits per heavy atom. The molecule has 2 fully saturated rings. The first-order chi connectivity index (χ1) is 43.8. The van der Waals surface area contributed by atoms with Crippen molar-refractivity contribution in [1.29, 1.82) is 0 Å². The highest BCUT2D eigenvalue weighted by atomic mass is 35.5. The summed E-state index contributed by atoms with van der Waals surface area (Å²) in [5.41, 5.74) is 4.41. The van der Waals surface area contributed by atoms with E-state index in [4.69, 9.17) is 41.1 Å². The van der Waals surface area contributed by atoms with E-state index in [-0.39, 0.29) is 43.8 Å². The first-order valence-electron chi connectivity index (χ1n) is 30.6. The molecule has 5 aromatic rings. The number of aliphatic imine (C=N–C) groups is 1. The SMILES string of the molecule is CN(CCCCOc1ccc(CCC(=O)N(CCN2CCCC2=O)C(C(=O)NCc2ccc(Cl)cc2)c2ccc(F)cc2)cc1)CCOCCOCC/C(C=NCCOCCOc1ccc(NC=O)cc1)=N/N.CNc1nc(CC(=O)N2CCN(C)CC2)cs1. The molecule has 0 aliphatic carbocycles. The smallest absolute Gasteiger partial charge is 0.247 e. The van der Waals surface area contributed by atoms with Crippen molar-refractivity contribution in [2.75, 3.05) is 150 Å². The Morgan fingerprint density at radius 3 is 2.16 bits per heavy atom. The molecule has 4 aromatic carbocycles. The van der Waals surface area contributed by atoms with Gasteiger partial charge in [-0.2, -0.15) is 5.10 Å². The Kier molecular flexibility index (Phi) is 32.5. The fraction of sp³-hybridized carbons (Fsp3) is 0.477. The highest BCUT2D eigenvalue weighted by Crippen LogP contribution is 2.26. The van der Waals surface area contributed by atoms with E-state index in [0.717, 1.165) is 86.2 Å². The number of thiazole rings is 1.